The molecule has 0 radical (unpaired) electrons. The largest absolute Gasteiger partial charge is 0.411 e. The van der Waals surface area contributed by atoms with Gasteiger partial charge in [-0.2, -0.15) is 0 Å². The van der Waals surface area contributed by atoms with Gasteiger partial charge in [0, 0.05) is 20.0 Å². The zero-order valence-corrected chi connectivity index (χ0v) is 11.1. The highest BCUT2D eigenvalue weighted by molar-refractivity contribution is 5.88. The van der Waals surface area contributed by atoms with Crippen molar-refractivity contribution < 1.29 is 18.7 Å². The van der Waals surface area contributed by atoms with Crippen molar-refractivity contribution in [3.8, 4) is 17.3 Å². The van der Waals surface area contributed by atoms with Crippen molar-refractivity contribution in [2.45, 2.75) is 6.92 Å². The third-order valence-corrected chi connectivity index (χ3v) is 2.36. The van der Waals surface area contributed by atoms with Crippen LogP contribution in [-0.2, 0) is 11.8 Å². The number of anilines is 1. The second kappa shape index (κ2) is 5.53. The van der Waals surface area contributed by atoms with Crippen LogP contribution in [0.3, 0.4) is 0 Å². The van der Waals surface area contributed by atoms with E-state index in [1.54, 1.807) is 0 Å². The summed E-state index contributed by atoms with van der Waals surface area (Å²) in [4.78, 5) is 25.6. The SMILES string of the molecule is CC(=O)Nc1cnc(-c2nnn(C)c2OC(N)=O)c(F)c1. The van der Waals surface area contributed by atoms with Gasteiger partial charge in [0.05, 0.1) is 11.9 Å². The zero-order valence-electron chi connectivity index (χ0n) is 11.1. The number of aryl methyl sites for hydroxylation is 1. The minimum absolute atomic E-state index is 0.0804. The van der Waals surface area contributed by atoms with Crippen molar-refractivity contribution in [1.82, 2.24) is 20.0 Å². The van der Waals surface area contributed by atoms with E-state index in [1.165, 1.54) is 20.2 Å². The molecule has 2 amide bonds. The number of halogens is 1. The molecule has 0 aromatic carbocycles. The van der Waals surface area contributed by atoms with E-state index >= 15 is 0 Å². The molecular formula is C11H11FN6O3. The summed E-state index contributed by atoms with van der Waals surface area (Å²) >= 11 is 0. The van der Waals surface area contributed by atoms with E-state index in [1.807, 2.05) is 0 Å². The molecule has 0 saturated heterocycles. The van der Waals surface area contributed by atoms with Gasteiger partial charge in [-0.25, -0.2) is 18.9 Å². The number of amides is 2. The Kier molecular flexibility index (Phi) is 3.78. The number of nitrogens with one attached hydrogen (secondary N) is 1. The third kappa shape index (κ3) is 3.11. The Labute approximate surface area is 117 Å². The number of nitrogens with two attached hydrogens (primary N) is 1. The number of ether oxygens (including phenoxy) is 1. The summed E-state index contributed by atoms with van der Waals surface area (Å²) in [6, 6.07) is 1.06. The number of nitrogens with zero attached hydrogens (tertiary/aromatic N) is 4. The molecule has 9 nitrogen and oxygen atoms in total. The predicted octanol–water partition coefficient (Wildman–Crippen LogP) is 0.432. The first-order valence-corrected chi connectivity index (χ1v) is 5.69. The number of carbonyl (C=O) groups excluding carboxylic acids is 2. The summed E-state index contributed by atoms with van der Waals surface area (Å²) in [5.74, 6) is -1.27. The molecule has 0 atom stereocenters. The first kappa shape index (κ1) is 14.4. The number of carbonyl (C=O) groups is 2. The molecule has 0 bridgehead atoms. The molecule has 0 aliphatic rings. The van der Waals surface area contributed by atoms with E-state index in [0.717, 1.165) is 10.7 Å². The van der Waals surface area contributed by atoms with Crippen molar-refractivity contribution in [2.75, 3.05) is 5.32 Å². The molecule has 0 saturated carbocycles. The normalized spacial score (nSPS) is 10.2. The quantitative estimate of drug-likeness (QED) is 0.845. The van der Waals surface area contributed by atoms with Crippen LogP contribution in [-0.4, -0.2) is 32.0 Å². The first-order valence-electron chi connectivity index (χ1n) is 5.69. The fourth-order valence-electron chi connectivity index (χ4n) is 1.59. The van der Waals surface area contributed by atoms with Gasteiger partial charge >= 0.3 is 6.09 Å². The molecule has 3 N–H and O–H groups in total. The molecule has 0 aliphatic heterocycles. The van der Waals surface area contributed by atoms with Crippen molar-refractivity contribution in [3.63, 3.8) is 0 Å². The molecule has 21 heavy (non-hydrogen) atoms. The molecule has 110 valence electrons. The van der Waals surface area contributed by atoms with Crippen LogP contribution in [0.2, 0.25) is 0 Å². The smallest absolute Gasteiger partial charge is 0.389 e. The Balaban J connectivity index is 2.43. The lowest BCUT2D eigenvalue weighted by Gasteiger charge is -2.06. The van der Waals surface area contributed by atoms with E-state index < -0.39 is 11.9 Å². The fraction of sp³-hybridized carbons (Fsp3) is 0.182. The number of hydrogen-bond donors (Lipinski definition) is 2. The second-order valence-corrected chi connectivity index (χ2v) is 4.02. The van der Waals surface area contributed by atoms with E-state index in [4.69, 9.17) is 10.5 Å². The molecule has 2 heterocycles. The molecular weight excluding hydrogens is 283 g/mol. The summed E-state index contributed by atoms with van der Waals surface area (Å²) < 4.78 is 19.9. The topological polar surface area (TPSA) is 125 Å². The van der Waals surface area contributed by atoms with E-state index in [0.29, 0.717) is 0 Å². The number of rotatable bonds is 3. The molecule has 2 rings (SSSR count). The molecule has 0 aliphatic carbocycles. The standard InChI is InChI=1S/C11H11FN6O3/c1-5(19)15-6-3-7(12)8(14-4-6)9-10(21-11(13)20)18(2)17-16-9/h3-4H,1-2H3,(H2,13,20)(H,15,19). The molecule has 0 spiro atoms. The van der Waals surface area contributed by atoms with E-state index in [2.05, 4.69) is 20.6 Å². The van der Waals surface area contributed by atoms with Gasteiger partial charge in [-0.15, -0.1) is 5.10 Å². The maximum absolute atomic E-state index is 14.1. The van der Waals surface area contributed by atoms with Gasteiger partial charge in [0.15, 0.2) is 11.5 Å². The van der Waals surface area contributed by atoms with Gasteiger partial charge in [-0.1, -0.05) is 5.21 Å². The number of aromatic nitrogens is 4. The summed E-state index contributed by atoms with van der Waals surface area (Å²) in [6.45, 7) is 1.29. The van der Waals surface area contributed by atoms with Gasteiger partial charge < -0.3 is 15.8 Å². The van der Waals surface area contributed by atoms with E-state index in [-0.39, 0.29) is 28.9 Å². The summed E-state index contributed by atoms with van der Waals surface area (Å²) in [5, 5.41) is 9.68. The number of hydrogen-bond acceptors (Lipinski definition) is 6. The van der Waals surface area contributed by atoms with Crippen LogP contribution < -0.4 is 15.8 Å². The summed E-state index contributed by atoms with van der Waals surface area (Å²) in [6.07, 6.45) is 0.152. The van der Waals surface area contributed by atoms with E-state index in [9.17, 15) is 14.0 Å². The average Bonchev–Trinajstić information content (AvgIpc) is 2.70. The van der Waals surface area contributed by atoms with Crippen LogP contribution in [0.15, 0.2) is 12.3 Å². The Hall–Kier alpha value is -3.04. The monoisotopic (exact) mass is 294 g/mol. The maximum Gasteiger partial charge on any atom is 0.411 e. The minimum atomic E-state index is -1.09. The lowest BCUT2D eigenvalue weighted by molar-refractivity contribution is -0.114. The average molecular weight is 294 g/mol. The highest BCUT2D eigenvalue weighted by atomic mass is 19.1. The lowest BCUT2D eigenvalue weighted by atomic mass is 10.2. The number of primary amides is 1. The first-order chi connectivity index (χ1) is 9.88. The lowest BCUT2D eigenvalue weighted by Crippen LogP contribution is -2.18. The van der Waals surface area contributed by atoms with Crippen molar-refractivity contribution in [1.29, 1.82) is 0 Å². The summed E-state index contributed by atoms with van der Waals surface area (Å²) in [7, 11) is 1.44. The van der Waals surface area contributed by atoms with Crippen molar-refractivity contribution >= 4 is 17.7 Å². The van der Waals surface area contributed by atoms with Crippen LogP contribution in [0.5, 0.6) is 5.88 Å². The zero-order chi connectivity index (χ0) is 15.6. The minimum Gasteiger partial charge on any atom is -0.389 e. The van der Waals surface area contributed by atoms with Crippen LogP contribution in [0.25, 0.3) is 11.4 Å². The van der Waals surface area contributed by atoms with Gasteiger partial charge in [-0.3, -0.25) is 4.79 Å². The Morgan fingerprint density at radius 2 is 2.14 bits per heavy atom. The van der Waals surface area contributed by atoms with Gasteiger partial charge in [-0.05, 0) is 0 Å². The van der Waals surface area contributed by atoms with Gasteiger partial charge in [0.25, 0.3) is 5.88 Å². The third-order valence-electron chi connectivity index (χ3n) is 2.36. The molecule has 0 unspecified atom stereocenters. The van der Waals surface area contributed by atoms with Crippen LogP contribution in [0.4, 0.5) is 14.9 Å². The molecule has 10 heteroatoms. The van der Waals surface area contributed by atoms with Gasteiger partial charge in [0.1, 0.15) is 5.69 Å². The predicted molar refractivity (Wildman–Crippen MR) is 68.7 cm³/mol. The van der Waals surface area contributed by atoms with Crippen LogP contribution in [0, 0.1) is 5.82 Å². The maximum atomic E-state index is 14.1. The highest BCUT2D eigenvalue weighted by Crippen LogP contribution is 2.28. The Morgan fingerprint density at radius 1 is 1.43 bits per heavy atom. The second-order valence-electron chi connectivity index (χ2n) is 4.02. The van der Waals surface area contributed by atoms with Crippen molar-refractivity contribution in [2.24, 2.45) is 12.8 Å². The van der Waals surface area contributed by atoms with Crippen LogP contribution >= 0.6 is 0 Å². The van der Waals surface area contributed by atoms with Crippen molar-refractivity contribution in [3.05, 3.63) is 18.1 Å². The van der Waals surface area contributed by atoms with Crippen LogP contribution in [0.1, 0.15) is 6.92 Å². The molecule has 0 fully saturated rings. The number of pyridine rings is 1. The molecule has 2 aromatic heterocycles. The summed E-state index contributed by atoms with van der Waals surface area (Å²) in [5.41, 5.74) is 4.84. The Bertz CT molecular complexity index is 714. The highest BCUT2D eigenvalue weighted by Gasteiger charge is 2.21. The van der Waals surface area contributed by atoms with Gasteiger partial charge in [0.2, 0.25) is 5.91 Å². The fourth-order valence-corrected chi connectivity index (χ4v) is 1.59. The Morgan fingerprint density at radius 3 is 2.71 bits per heavy atom. The molecule has 2 aromatic rings.